The van der Waals surface area contributed by atoms with Crippen LogP contribution < -0.4 is 5.32 Å². The third-order valence-electron chi connectivity index (χ3n) is 6.24. The fourth-order valence-electron chi connectivity index (χ4n) is 4.84. The highest BCUT2D eigenvalue weighted by molar-refractivity contribution is 5.26. The van der Waals surface area contributed by atoms with Crippen LogP contribution in [-0.2, 0) is 0 Å². The van der Waals surface area contributed by atoms with E-state index in [0.29, 0.717) is 0 Å². The van der Waals surface area contributed by atoms with Crippen molar-refractivity contribution in [1.29, 1.82) is 0 Å². The summed E-state index contributed by atoms with van der Waals surface area (Å²) >= 11 is 0. The van der Waals surface area contributed by atoms with Gasteiger partial charge in [0.2, 0.25) is 0 Å². The van der Waals surface area contributed by atoms with Crippen LogP contribution in [0.15, 0.2) is 24.3 Å². The first kappa shape index (κ1) is 12.9. The monoisotopic (exact) mass is 269 g/mol. The number of aryl methyl sites for hydroxylation is 1. The van der Waals surface area contributed by atoms with Gasteiger partial charge < -0.3 is 5.32 Å². The summed E-state index contributed by atoms with van der Waals surface area (Å²) in [7, 11) is 0. The molecule has 3 fully saturated rings. The predicted molar refractivity (Wildman–Crippen MR) is 83.9 cm³/mol. The number of hydrogen-bond acceptors (Lipinski definition) is 1. The number of nitrogens with one attached hydrogen (secondary N) is 1. The van der Waals surface area contributed by atoms with E-state index in [1.165, 1.54) is 44.2 Å². The Kier molecular flexibility index (Phi) is 3.34. The summed E-state index contributed by atoms with van der Waals surface area (Å²) in [4.78, 5) is 0. The van der Waals surface area contributed by atoms with Crippen molar-refractivity contribution in [3.05, 3.63) is 35.4 Å². The van der Waals surface area contributed by atoms with Crippen LogP contribution in [0.25, 0.3) is 0 Å². The average Bonchev–Trinajstić information content (AvgIpc) is 3.01. The molecule has 3 unspecified atom stereocenters. The molecule has 3 aliphatic carbocycles. The first-order valence-corrected chi connectivity index (χ1v) is 8.58. The molecule has 0 spiro atoms. The fraction of sp³-hybridized carbons (Fsp3) is 0.684. The van der Waals surface area contributed by atoms with Crippen molar-refractivity contribution in [2.24, 2.45) is 17.8 Å². The number of fused-ring (bicyclic) bond motifs is 2. The van der Waals surface area contributed by atoms with E-state index in [9.17, 15) is 0 Å². The minimum absolute atomic E-state index is 0.792. The van der Waals surface area contributed by atoms with E-state index >= 15 is 0 Å². The van der Waals surface area contributed by atoms with Crippen molar-refractivity contribution in [2.45, 2.75) is 57.4 Å². The van der Waals surface area contributed by atoms with Crippen LogP contribution in [0.5, 0.6) is 0 Å². The van der Waals surface area contributed by atoms with Crippen LogP contribution in [0.2, 0.25) is 0 Å². The third kappa shape index (κ3) is 2.41. The van der Waals surface area contributed by atoms with Crippen LogP contribution in [-0.4, -0.2) is 12.6 Å². The van der Waals surface area contributed by atoms with Gasteiger partial charge >= 0.3 is 0 Å². The summed E-state index contributed by atoms with van der Waals surface area (Å²) in [6.45, 7) is 3.47. The SMILES string of the molecule is Cc1ccc(C2CC(NCC3CC4CCC3C4)C2)cc1. The third-order valence-corrected chi connectivity index (χ3v) is 6.24. The molecule has 0 radical (unpaired) electrons. The molecule has 1 aromatic carbocycles. The van der Waals surface area contributed by atoms with Crippen LogP contribution in [0.1, 0.15) is 55.6 Å². The molecule has 2 bridgehead atoms. The standard InChI is InChI=1S/C19H27N/c1-13-2-5-15(6-3-13)17-10-19(11-17)20-12-18-9-14-4-7-16(18)8-14/h2-3,5-6,14,16-20H,4,7-12H2,1H3. The van der Waals surface area contributed by atoms with Gasteiger partial charge in [0.15, 0.2) is 0 Å². The zero-order valence-corrected chi connectivity index (χ0v) is 12.6. The average molecular weight is 269 g/mol. The van der Waals surface area contributed by atoms with Crippen molar-refractivity contribution in [3.63, 3.8) is 0 Å². The molecule has 0 aromatic heterocycles. The van der Waals surface area contributed by atoms with Gasteiger partial charge in [-0.3, -0.25) is 0 Å². The molecule has 4 rings (SSSR count). The molecular weight excluding hydrogens is 242 g/mol. The van der Waals surface area contributed by atoms with Crippen molar-refractivity contribution in [2.75, 3.05) is 6.54 Å². The lowest BCUT2D eigenvalue weighted by Crippen LogP contribution is -2.42. The van der Waals surface area contributed by atoms with Crippen molar-refractivity contribution < 1.29 is 0 Å². The molecule has 0 heterocycles. The quantitative estimate of drug-likeness (QED) is 0.861. The molecule has 0 saturated heterocycles. The minimum Gasteiger partial charge on any atom is -0.314 e. The first-order valence-electron chi connectivity index (χ1n) is 8.58. The zero-order valence-electron chi connectivity index (χ0n) is 12.6. The number of rotatable bonds is 4. The summed E-state index contributed by atoms with van der Waals surface area (Å²) in [5, 5.41) is 3.86. The summed E-state index contributed by atoms with van der Waals surface area (Å²) in [6.07, 6.45) is 8.82. The molecule has 1 nitrogen and oxygen atoms in total. The van der Waals surface area contributed by atoms with E-state index in [0.717, 1.165) is 29.7 Å². The molecule has 20 heavy (non-hydrogen) atoms. The van der Waals surface area contributed by atoms with Gasteiger partial charge in [0, 0.05) is 6.04 Å². The molecular formula is C19H27N. The van der Waals surface area contributed by atoms with E-state index in [2.05, 4.69) is 36.5 Å². The van der Waals surface area contributed by atoms with E-state index in [1.807, 2.05) is 0 Å². The van der Waals surface area contributed by atoms with Gasteiger partial charge in [0.1, 0.15) is 0 Å². The Labute approximate surface area is 123 Å². The Morgan fingerprint density at radius 2 is 1.80 bits per heavy atom. The van der Waals surface area contributed by atoms with Crippen LogP contribution in [0, 0.1) is 24.7 Å². The van der Waals surface area contributed by atoms with E-state index < -0.39 is 0 Å². The summed E-state index contributed by atoms with van der Waals surface area (Å²) < 4.78 is 0. The van der Waals surface area contributed by atoms with Crippen molar-refractivity contribution >= 4 is 0 Å². The van der Waals surface area contributed by atoms with Crippen LogP contribution in [0.3, 0.4) is 0 Å². The Morgan fingerprint density at radius 1 is 1.00 bits per heavy atom. The summed E-state index contributed by atoms with van der Waals surface area (Å²) in [6, 6.07) is 9.95. The largest absolute Gasteiger partial charge is 0.314 e. The van der Waals surface area contributed by atoms with Crippen molar-refractivity contribution in [3.8, 4) is 0 Å². The van der Waals surface area contributed by atoms with E-state index in [1.54, 1.807) is 12.0 Å². The van der Waals surface area contributed by atoms with Crippen molar-refractivity contribution in [1.82, 2.24) is 5.32 Å². The van der Waals surface area contributed by atoms with Crippen LogP contribution >= 0.6 is 0 Å². The molecule has 0 aliphatic heterocycles. The predicted octanol–water partition coefficient (Wildman–Crippen LogP) is 4.27. The minimum atomic E-state index is 0.792. The second-order valence-corrected chi connectivity index (χ2v) is 7.62. The van der Waals surface area contributed by atoms with Gasteiger partial charge in [0.05, 0.1) is 0 Å². The van der Waals surface area contributed by atoms with Gasteiger partial charge in [0.25, 0.3) is 0 Å². The molecule has 1 aromatic rings. The summed E-state index contributed by atoms with van der Waals surface area (Å²) in [5.74, 6) is 3.98. The second kappa shape index (κ2) is 5.18. The maximum atomic E-state index is 3.86. The molecule has 1 heteroatoms. The highest BCUT2D eigenvalue weighted by Crippen LogP contribution is 2.48. The molecule has 0 amide bonds. The molecule has 3 aliphatic rings. The Hall–Kier alpha value is -0.820. The molecule has 108 valence electrons. The maximum Gasteiger partial charge on any atom is 0.00788 e. The van der Waals surface area contributed by atoms with E-state index in [-0.39, 0.29) is 0 Å². The van der Waals surface area contributed by atoms with Gasteiger partial charge in [-0.2, -0.15) is 0 Å². The fourth-order valence-corrected chi connectivity index (χ4v) is 4.84. The van der Waals surface area contributed by atoms with Crippen LogP contribution in [0.4, 0.5) is 0 Å². The normalized spacial score (nSPS) is 39.0. The number of hydrogen-bond donors (Lipinski definition) is 1. The van der Waals surface area contributed by atoms with E-state index in [4.69, 9.17) is 0 Å². The lowest BCUT2D eigenvalue weighted by molar-refractivity contribution is 0.247. The smallest absolute Gasteiger partial charge is 0.00788 e. The van der Waals surface area contributed by atoms with Gasteiger partial charge in [-0.25, -0.2) is 0 Å². The maximum absolute atomic E-state index is 3.86. The first-order chi connectivity index (χ1) is 9.78. The Morgan fingerprint density at radius 3 is 2.45 bits per heavy atom. The van der Waals surface area contributed by atoms with Gasteiger partial charge in [-0.15, -0.1) is 0 Å². The topological polar surface area (TPSA) is 12.0 Å². The molecule has 3 atom stereocenters. The molecule has 1 N–H and O–H groups in total. The zero-order chi connectivity index (χ0) is 13.5. The highest BCUT2D eigenvalue weighted by atomic mass is 14.9. The second-order valence-electron chi connectivity index (χ2n) is 7.62. The molecule has 3 saturated carbocycles. The van der Waals surface area contributed by atoms with Gasteiger partial charge in [-0.1, -0.05) is 36.2 Å². The number of benzene rings is 1. The Balaban J connectivity index is 1.22. The highest BCUT2D eigenvalue weighted by Gasteiger charge is 2.40. The Bertz CT molecular complexity index is 457. The summed E-state index contributed by atoms with van der Waals surface area (Å²) in [5.41, 5.74) is 2.92. The van der Waals surface area contributed by atoms with Gasteiger partial charge in [-0.05, 0) is 74.8 Å². The lowest BCUT2D eigenvalue weighted by Gasteiger charge is -2.38. The lowest BCUT2D eigenvalue weighted by atomic mass is 9.75.